The third-order valence-corrected chi connectivity index (χ3v) is 2.83. The molecule has 0 spiro atoms. The minimum Gasteiger partial charge on any atom is -0.497 e. The van der Waals surface area contributed by atoms with Gasteiger partial charge in [-0.15, -0.1) is 0 Å². The molecule has 0 saturated carbocycles. The van der Waals surface area contributed by atoms with Gasteiger partial charge in [0.2, 0.25) is 0 Å². The molecule has 0 aromatic heterocycles. The number of hydrogen-bond acceptors (Lipinski definition) is 3. The van der Waals surface area contributed by atoms with Crippen LogP contribution in [0.25, 0.3) is 0 Å². The highest BCUT2D eigenvalue weighted by Crippen LogP contribution is 2.19. The van der Waals surface area contributed by atoms with E-state index in [0.29, 0.717) is 6.42 Å². The Morgan fingerprint density at radius 1 is 1.24 bits per heavy atom. The van der Waals surface area contributed by atoms with Crippen molar-refractivity contribution >= 4 is 11.9 Å². The van der Waals surface area contributed by atoms with E-state index < -0.39 is 11.6 Å². The molecule has 0 unspecified atom stereocenters. The van der Waals surface area contributed by atoms with E-state index in [9.17, 15) is 9.59 Å². The lowest BCUT2D eigenvalue weighted by Gasteiger charge is -2.20. The minimum absolute atomic E-state index is 0.293. The van der Waals surface area contributed by atoms with E-state index in [2.05, 4.69) is 10.6 Å². The van der Waals surface area contributed by atoms with Gasteiger partial charge in [0.25, 0.3) is 5.91 Å². The number of amides is 3. The number of carbonyl (C=O) groups excluding carboxylic acids is 2. The average molecular weight is 234 g/mol. The summed E-state index contributed by atoms with van der Waals surface area (Å²) in [4.78, 5) is 22.7. The smallest absolute Gasteiger partial charge is 0.322 e. The Morgan fingerprint density at radius 3 is 2.35 bits per heavy atom. The van der Waals surface area contributed by atoms with Gasteiger partial charge in [0, 0.05) is 6.42 Å². The standard InChI is InChI=1S/C12H14N2O3/c1-12(10(15)13-11(16)14-12)7-8-3-5-9(17-2)6-4-8/h3-6H,7H2,1-2H3,(H2,13,14,15,16)/t12-/m1/s1. The summed E-state index contributed by atoms with van der Waals surface area (Å²) in [6, 6.07) is 6.97. The number of ether oxygens (including phenoxy) is 1. The van der Waals surface area contributed by atoms with Crippen molar-refractivity contribution < 1.29 is 14.3 Å². The zero-order valence-electron chi connectivity index (χ0n) is 9.74. The molecule has 1 aliphatic heterocycles. The molecule has 1 atom stereocenters. The van der Waals surface area contributed by atoms with Crippen molar-refractivity contribution in [2.45, 2.75) is 18.9 Å². The molecule has 1 fully saturated rings. The number of carbonyl (C=O) groups is 2. The van der Waals surface area contributed by atoms with Gasteiger partial charge in [0.05, 0.1) is 7.11 Å². The quantitative estimate of drug-likeness (QED) is 0.761. The normalized spacial score (nSPS) is 23.2. The summed E-state index contributed by atoms with van der Waals surface area (Å²) in [5.74, 6) is 0.470. The van der Waals surface area contributed by atoms with Crippen LogP contribution in [0.5, 0.6) is 5.75 Å². The van der Waals surface area contributed by atoms with Crippen LogP contribution in [0.1, 0.15) is 12.5 Å². The maximum atomic E-state index is 11.6. The SMILES string of the molecule is COc1ccc(C[C@@]2(C)NC(=O)NC2=O)cc1. The van der Waals surface area contributed by atoms with Crippen molar-refractivity contribution in [2.75, 3.05) is 7.11 Å². The molecule has 2 rings (SSSR count). The minimum atomic E-state index is -0.869. The Labute approximate surface area is 99.2 Å². The zero-order chi connectivity index (χ0) is 12.5. The first-order valence-corrected chi connectivity index (χ1v) is 5.30. The van der Waals surface area contributed by atoms with Gasteiger partial charge in [-0.25, -0.2) is 4.79 Å². The third kappa shape index (κ3) is 2.22. The fourth-order valence-corrected chi connectivity index (χ4v) is 1.86. The number of benzene rings is 1. The molecule has 5 nitrogen and oxygen atoms in total. The Hall–Kier alpha value is -2.04. The first kappa shape index (κ1) is 11.4. The molecule has 1 heterocycles. The predicted octanol–water partition coefficient (Wildman–Crippen LogP) is 0.836. The first-order chi connectivity index (χ1) is 8.03. The van der Waals surface area contributed by atoms with Crippen LogP contribution < -0.4 is 15.4 Å². The number of methoxy groups -OCH3 is 1. The molecule has 90 valence electrons. The van der Waals surface area contributed by atoms with E-state index >= 15 is 0 Å². The van der Waals surface area contributed by atoms with E-state index in [4.69, 9.17) is 4.74 Å². The molecular weight excluding hydrogens is 220 g/mol. The van der Waals surface area contributed by atoms with Gasteiger partial charge in [-0.05, 0) is 24.6 Å². The fourth-order valence-electron chi connectivity index (χ4n) is 1.86. The average Bonchev–Trinajstić information content (AvgIpc) is 2.53. The monoisotopic (exact) mass is 234 g/mol. The van der Waals surface area contributed by atoms with Crippen LogP contribution in [-0.4, -0.2) is 24.6 Å². The predicted molar refractivity (Wildman–Crippen MR) is 61.8 cm³/mol. The third-order valence-electron chi connectivity index (χ3n) is 2.83. The van der Waals surface area contributed by atoms with Crippen molar-refractivity contribution in [3.05, 3.63) is 29.8 Å². The van der Waals surface area contributed by atoms with Crippen molar-refractivity contribution in [3.63, 3.8) is 0 Å². The second-order valence-electron chi connectivity index (χ2n) is 4.27. The van der Waals surface area contributed by atoms with E-state index in [1.165, 1.54) is 0 Å². The second kappa shape index (κ2) is 4.08. The molecule has 5 heteroatoms. The lowest BCUT2D eigenvalue weighted by Crippen LogP contribution is -2.45. The summed E-state index contributed by atoms with van der Waals surface area (Å²) < 4.78 is 5.05. The Balaban J connectivity index is 2.14. The van der Waals surface area contributed by atoms with E-state index in [1.807, 2.05) is 24.3 Å². The summed E-state index contributed by atoms with van der Waals surface area (Å²) in [5.41, 5.74) is 0.0942. The van der Waals surface area contributed by atoms with Crippen molar-refractivity contribution in [2.24, 2.45) is 0 Å². The molecule has 1 aromatic rings. The van der Waals surface area contributed by atoms with Gasteiger partial charge >= 0.3 is 6.03 Å². The number of imide groups is 1. The fraction of sp³-hybridized carbons (Fsp3) is 0.333. The van der Waals surface area contributed by atoms with Crippen LogP contribution in [0, 0.1) is 0 Å². The number of urea groups is 1. The number of nitrogens with one attached hydrogen (secondary N) is 2. The maximum Gasteiger partial charge on any atom is 0.322 e. The molecule has 0 radical (unpaired) electrons. The van der Waals surface area contributed by atoms with Gasteiger partial charge in [-0.1, -0.05) is 12.1 Å². The van der Waals surface area contributed by atoms with E-state index in [-0.39, 0.29) is 5.91 Å². The maximum absolute atomic E-state index is 11.6. The largest absolute Gasteiger partial charge is 0.497 e. The summed E-state index contributed by atoms with van der Waals surface area (Å²) in [7, 11) is 1.60. The van der Waals surface area contributed by atoms with Gasteiger partial charge < -0.3 is 10.1 Å². The van der Waals surface area contributed by atoms with Crippen LogP contribution in [0.4, 0.5) is 4.79 Å². The lowest BCUT2D eigenvalue weighted by molar-refractivity contribution is -0.123. The van der Waals surface area contributed by atoms with Crippen LogP contribution >= 0.6 is 0 Å². The van der Waals surface area contributed by atoms with Gasteiger partial charge in [0.15, 0.2) is 0 Å². The van der Waals surface area contributed by atoms with Gasteiger partial charge in [-0.2, -0.15) is 0 Å². The number of hydrogen-bond donors (Lipinski definition) is 2. The van der Waals surface area contributed by atoms with Gasteiger partial charge in [0.1, 0.15) is 11.3 Å². The van der Waals surface area contributed by atoms with Crippen molar-refractivity contribution in [1.82, 2.24) is 10.6 Å². The highest BCUT2D eigenvalue weighted by Gasteiger charge is 2.41. The van der Waals surface area contributed by atoms with Crippen molar-refractivity contribution in [1.29, 1.82) is 0 Å². The Kier molecular flexibility index (Phi) is 2.75. The van der Waals surface area contributed by atoms with E-state index in [0.717, 1.165) is 11.3 Å². The van der Waals surface area contributed by atoms with Crippen LogP contribution in [0.3, 0.4) is 0 Å². The molecule has 17 heavy (non-hydrogen) atoms. The molecular formula is C12H14N2O3. The Morgan fingerprint density at radius 2 is 1.88 bits per heavy atom. The summed E-state index contributed by atoms with van der Waals surface area (Å²) >= 11 is 0. The molecule has 0 bridgehead atoms. The summed E-state index contributed by atoms with van der Waals surface area (Å²) in [6.07, 6.45) is 0.453. The molecule has 0 aliphatic carbocycles. The lowest BCUT2D eigenvalue weighted by atomic mass is 9.93. The zero-order valence-corrected chi connectivity index (χ0v) is 9.74. The van der Waals surface area contributed by atoms with Crippen LogP contribution in [-0.2, 0) is 11.2 Å². The van der Waals surface area contributed by atoms with Gasteiger partial charge in [-0.3, -0.25) is 10.1 Å². The molecule has 1 aliphatic rings. The number of rotatable bonds is 3. The summed E-state index contributed by atoms with van der Waals surface area (Å²) in [5, 5.41) is 4.86. The molecule has 1 aromatic carbocycles. The second-order valence-corrected chi connectivity index (χ2v) is 4.27. The van der Waals surface area contributed by atoms with E-state index in [1.54, 1.807) is 14.0 Å². The molecule has 3 amide bonds. The molecule has 1 saturated heterocycles. The topological polar surface area (TPSA) is 67.4 Å². The summed E-state index contributed by atoms with van der Waals surface area (Å²) in [6.45, 7) is 1.71. The van der Waals surface area contributed by atoms with Crippen LogP contribution in [0.2, 0.25) is 0 Å². The highest BCUT2D eigenvalue weighted by atomic mass is 16.5. The highest BCUT2D eigenvalue weighted by molar-refractivity contribution is 6.06. The van der Waals surface area contributed by atoms with Crippen molar-refractivity contribution in [3.8, 4) is 5.75 Å². The first-order valence-electron chi connectivity index (χ1n) is 5.30. The van der Waals surface area contributed by atoms with Crippen LogP contribution in [0.15, 0.2) is 24.3 Å². The Bertz CT molecular complexity index is 455. The molecule has 2 N–H and O–H groups in total.